The molecule has 0 spiro atoms. The summed E-state index contributed by atoms with van der Waals surface area (Å²) in [5.41, 5.74) is 2.37. The Morgan fingerprint density at radius 3 is 2.91 bits per heavy atom. The second kappa shape index (κ2) is 7.41. The second-order valence-electron chi connectivity index (χ2n) is 6.23. The van der Waals surface area contributed by atoms with E-state index in [1.54, 1.807) is 0 Å². The molecule has 23 heavy (non-hydrogen) atoms. The third-order valence-corrected chi connectivity index (χ3v) is 5.25. The molecular weight excluding hydrogens is 352 g/mol. The zero-order valence-corrected chi connectivity index (χ0v) is 15.3. The third kappa shape index (κ3) is 4.09. The number of benzene rings is 1. The molecule has 1 aliphatic rings. The molecule has 0 aliphatic carbocycles. The van der Waals surface area contributed by atoms with Crippen molar-refractivity contribution in [2.75, 3.05) is 25.0 Å². The summed E-state index contributed by atoms with van der Waals surface area (Å²) in [6.45, 7) is 5.20. The van der Waals surface area contributed by atoms with Crippen LogP contribution in [-0.4, -0.2) is 41.0 Å². The predicted octanol–water partition coefficient (Wildman–Crippen LogP) is 3.65. The number of rotatable bonds is 4. The summed E-state index contributed by atoms with van der Waals surface area (Å²) in [6, 6.07) is 10.9. The van der Waals surface area contributed by atoms with E-state index < -0.39 is 0 Å². The summed E-state index contributed by atoms with van der Waals surface area (Å²) in [5.74, 6) is 0.831. The van der Waals surface area contributed by atoms with Crippen LogP contribution in [0.4, 0.5) is 5.95 Å². The number of aromatic nitrogens is 2. The van der Waals surface area contributed by atoms with Crippen LogP contribution in [0.5, 0.6) is 0 Å². The van der Waals surface area contributed by atoms with Gasteiger partial charge in [-0.25, -0.2) is 9.97 Å². The van der Waals surface area contributed by atoms with Gasteiger partial charge in [-0.2, -0.15) is 0 Å². The molecule has 0 radical (unpaired) electrons. The minimum absolute atomic E-state index is 0.466. The summed E-state index contributed by atoms with van der Waals surface area (Å²) in [5, 5.41) is 0. The lowest BCUT2D eigenvalue weighted by Crippen LogP contribution is -2.46. The SMILES string of the molecule is Cc1ccnc(N(C)C2CCCN(Cc3ccccc3Br)C2)n1. The maximum Gasteiger partial charge on any atom is 0.225 e. The highest BCUT2D eigenvalue weighted by Crippen LogP contribution is 2.23. The molecule has 1 atom stereocenters. The standard InChI is InChI=1S/C18H23BrN4/c1-14-9-10-20-18(21-14)22(2)16-7-5-11-23(13-16)12-15-6-3-4-8-17(15)19/h3-4,6,8-10,16H,5,7,11-13H2,1-2H3. The zero-order valence-electron chi connectivity index (χ0n) is 13.7. The third-order valence-electron chi connectivity index (χ3n) is 4.48. The van der Waals surface area contributed by atoms with Crippen molar-refractivity contribution in [1.82, 2.24) is 14.9 Å². The van der Waals surface area contributed by atoms with Crippen molar-refractivity contribution >= 4 is 21.9 Å². The Morgan fingerprint density at radius 1 is 1.30 bits per heavy atom. The maximum absolute atomic E-state index is 4.56. The average molecular weight is 375 g/mol. The number of halogens is 1. The molecule has 3 rings (SSSR count). The smallest absolute Gasteiger partial charge is 0.225 e. The minimum Gasteiger partial charge on any atom is -0.340 e. The molecule has 5 heteroatoms. The van der Waals surface area contributed by atoms with E-state index in [-0.39, 0.29) is 0 Å². The molecule has 1 aliphatic heterocycles. The van der Waals surface area contributed by atoms with Gasteiger partial charge in [0.05, 0.1) is 0 Å². The van der Waals surface area contributed by atoms with Crippen molar-refractivity contribution in [1.29, 1.82) is 0 Å². The van der Waals surface area contributed by atoms with Gasteiger partial charge in [-0.1, -0.05) is 34.1 Å². The Labute approximate surface area is 146 Å². The molecule has 0 amide bonds. The molecule has 2 aromatic rings. The van der Waals surface area contributed by atoms with Gasteiger partial charge in [-0.15, -0.1) is 0 Å². The number of anilines is 1. The number of hydrogen-bond donors (Lipinski definition) is 0. The molecule has 1 fully saturated rings. The monoisotopic (exact) mass is 374 g/mol. The molecule has 2 heterocycles. The zero-order chi connectivity index (χ0) is 16.2. The average Bonchev–Trinajstić information content (AvgIpc) is 2.56. The number of likely N-dealkylation sites (tertiary alicyclic amines) is 1. The molecule has 1 saturated heterocycles. The number of nitrogens with zero attached hydrogens (tertiary/aromatic N) is 4. The van der Waals surface area contributed by atoms with Gasteiger partial charge in [0.1, 0.15) is 0 Å². The first-order valence-electron chi connectivity index (χ1n) is 8.12. The van der Waals surface area contributed by atoms with E-state index in [1.807, 2.05) is 19.2 Å². The van der Waals surface area contributed by atoms with Crippen LogP contribution in [0.2, 0.25) is 0 Å². The van der Waals surface area contributed by atoms with Gasteiger partial charge in [-0.05, 0) is 44.0 Å². The molecule has 0 N–H and O–H groups in total. The molecular formula is C18H23BrN4. The van der Waals surface area contributed by atoms with E-state index in [9.17, 15) is 0 Å². The minimum atomic E-state index is 0.466. The first kappa shape index (κ1) is 16.4. The van der Waals surface area contributed by atoms with E-state index in [0.717, 1.165) is 31.3 Å². The molecule has 1 unspecified atom stereocenters. The van der Waals surface area contributed by atoms with Crippen LogP contribution >= 0.6 is 15.9 Å². The van der Waals surface area contributed by atoms with Gasteiger partial charge < -0.3 is 4.90 Å². The molecule has 0 saturated carbocycles. The van der Waals surface area contributed by atoms with Crippen LogP contribution in [-0.2, 0) is 6.54 Å². The first-order chi connectivity index (χ1) is 11.1. The van der Waals surface area contributed by atoms with Gasteiger partial charge in [-0.3, -0.25) is 4.90 Å². The van der Waals surface area contributed by atoms with Crippen LogP contribution in [0, 0.1) is 6.92 Å². The van der Waals surface area contributed by atoms with E-state index in [1.165, 1.54) is 22.9 Å². The summed E-state index contributed by atoms with van der Waals surface area (Å²) in [7, 11) is 2.11. The number of piperidine rings is 1. The molecule has 122 valence electrons. The van der Waals surface area contributed by atoms with Gasteiger partial charge >= 0.3 is 0 Å². The van der Waals surface area contributed by atoms with E-state index >= 15 is 0 Å². The fourth-order valence-corrected chi connectivity index (χ4v) is 3.54. The molecule has 1 aromatic carbocycles. The van der Waals surface area contributed by atoms with Gasteiger partial charge in [0, 0.05) is 42.5 Å². The largest absolute Gasteiger partial charge is 0.340 e. The molecule has 0 bridgehead atoms. The topological polar surface area (TPSA) is 32.3 Å². The quantitative estimate of drug-likeness (QED) is 0.817. The van der Waals surface area contributed by atoms with Crippen LogP contribution in [0.1, 0.15) is 24.1 Å². The van der Waals surface area contributed by atoms with Crippen LogP contribution in [0.15, 0.2) is 41.0 Å². The Balaban J connectivity index is 1.67. The van der Waals surface area contributed by atoms with Crippen molar-refractivity contribution < 1.29 is 0 Å². The number of hydrogen-bond acceptors (Lipinski definition) is 4. The normalized spacial score (nSPS) is 18.8. The van der Waals surface area contributed by atoms with Crippen LogP contribution in [0.3, 0.4) is 0 Å². The van der Waals surface area contributed by atoms with E-state index in [2.05, 4.69) is 67.0 Å². The highest BCUT2D eigenvalue weighted by Gasteiger charge is 2.25. The fraction of sp³-hybridized carbons (Fsp3) is 0.444. The lowest BCUT2D eigenvalue weighted by molar-refractivity contribution is 0.198. The van der Waals surface area contributed by atoms with Crippen molar-refractivity contribution in [2.24, 2.45) is 0 Å². The lowest BCUT2D eigenvalue weighted by Gasteiger charge is -2.37. The van der Waals surface area contributed by atoms with Crippen molar-refractivity contribution in [3.63, 3.8) is 0 Å². The van der Waals surface area contributed by atoms with Crippen molar-refractivity contribution in [3.05, 3.63) is 52.3 Å². The van der Waals surface area contributed by atoms with E-state index in [4.69, 9.17) is 0 Å². The first-order valence-corrected chi connectivity index (χ1v) is 8.91. The Morgan fingerprint density at radius 2 is 2.13 bits per heavy atom. The van der Waals surface area contributed by atoms with Gasteiger partial charge in [0.2, 0.25) is 5.95 Å². The fourth-order valence-electron chi connectivity index (χ4n) is 3.13. The summed E-state index contributed by atoms with van der Waals surface area (Å²) in [6.07, 6.45) is 4.25. The highest BCUT2D eigenvalue weighted by atomic mass is 79.9. The Hall–Kier alpha value is -1.46. The highest BCUT2D eigenvalue weighted by molar-refractivity contribution is 9.10. The van der Waals surface area contributed by atoms with E-state index in [0.29, 0.717) is 6.04 Å². The number of aryl methyl sites for hydroxylation is 1. The van der Waals surface area contributed by atoms with Gasteiger partial charge in [0.25, 0.3) is 0 Å². The Kier molecular flexibility index (Phi) is 5.28. The Bertz CT molecular complexity index is 661. The summed E-state index contributed by atoms with van der Waals surface area (Å²) in [4.78, 5) is 13.8. The van der Waals surface area contributed by atoms with Crippen molar-refractivity contribution in [2.45, 2.75) is 32.4 Å². The lowest BCUT2D eigenvalue weighted by atomic mass is 10.0. The number of likely N-dealkylation sites (N-methyl/N-ethyl adjacent to an activating group) is 1. The van der Waals surface area contributed by atoms with Crippen LogP contribution < -0.4 is 4.90 Å². The summed E-state index contributed by atoms with van der Waals surface area (Å²) >= 11 is 3.65. The molecule has 4 nitrogen and oxygen atoms in total. The van der Waals surface area contributed by atoms with Gasteiger partial charge in [0.15, 0.2) is 0 Å². The predicted molar refractivity (Wildman–Crippen MR) is 97.6 cm³/mol. The van der Waals surface area contributed by atoms with Crippen LogP contribution in [0.25, 0.3) is 0 Å². The van der Waals surface area contributed by atoms with Crippen molar-refractivity contribution in [3.8, 4) is 0 Å². The second-order valence-corrected chi connectivity index (χ2v) is 7.09. The summed E-state index contributed by atoms with van der Waals surface area (Å²) < 4.78 is 1.19. The maximum atomic E-state index is 4.56. The molecule has 1 aromatic heterocycles.